The average molecular weight is 265 g/mol. The Morgan fingerprint density at radius 3 is 2.84 bits per heavy atom. The van der Waals surface area contributed by atoms with E-state index in [1.165, 1.54) is 5.56 Å². The lowest BCUT2D eigenvalue weighted by Gasteiger charge is -2.28. The number of ether oxygens (including phenoxy) is 1. The quantitative estimate of drug-likeness (QED) is 0.745. The first-order valence-corrected chi connectivity index (χ1v) is 7.13. The van der Waals surface area contributed by atoms with Crippen molar-refractivity contribution in [2.75, 3.05) is 32.1 Å². The summed E-state index contributed by atoms with van der Waals surface area (Å²) < 4.78 is 5.20. The van der Waals surface area contributed by atoms with E-state index < -0.39 is 0 Å². The van der Waals surface area contributed by atoms with Gasteiger partial charge < -0.3 is 10.1 Å². The smallest absolute Gasteiger partial charge is 0.126 e. The molecule has 1 rings (SSSR count). The molecule has 1 aromatic heterocycles. The van der Waals surface area contributed by atoms with Gasteiger partial charge in [0.1, 0.15) is 5.82 Å². The Hall–Kier alpha value is -1.13. The summed E-state index contributed by atoms with van der Waals surface area (Å²) in [5.41, 5.74) is 1.29. The van der Waals surface area contributed by atoms with Crippen LogP contribution in [0.15, 0.2) is 18.3 Å². The van der Waals surface area contributed by atoms with Crippen LogP contribution in [0.2, 0.25) is 0 Å². The molecule has 108 valence electrons. The minimum Gasteiger partial charge on any atom is -0.383 e. The lowest BCUT2D eigenvalue weighted by Crippen LogP contribution is -2.34. The van der Waals surface area contributed by atoms with E-state index in [0.717, 1.165) is 38.5 Å². The minimum atomic E-state index is 0.561. The number of hydrogen-bond acceptors (Lipinski definition) is 4. The van der Waals surface area contributed by atoms with Crippen molar-refractivity contribution in [3.05, 3.63) is 23.9 Å². The molecule has 0 aliphatic heterocycles. The van der Waals surface area contributed by atoms with E-state index in [1.54, 1.807) is 7.11 Å². The summed E-state index contributed by atoms with van der Waals surface area (Å²) in [5.74, 6) is 0.954. The second kappa shape index (κ2) is 8.88. The number of pyridine rings is 1. The lowest BCUT2D eigenvalue weighted by atomic mass is 10.1. The first-order valence-electron chi connectivity index (χ1n) is 7.13. The zero-order chi connectivity index (χ0) is 14.1. The van der Waals surface area contributed by atoms with E-state index in [0.29, 0.717) is 6.04 Å². The zero-order valence-corrected chi connectivity index (χ0v) is 12.6. The summed E-state index contributed by atoms with van der Waals surface area (Å²) in [7, 11) is 1.75. The molecular weight excluding hydrogens is 238 g/mol. The van der Waals surface area contributed by atoms with Gasteiger partial charge >= 0.3 is 0 Å². The molecule has 1 unspecified atom stereocenters. The fourth-order valence-corrected chi connectivity index (χ4v) is 2.01. The number of nitrogens with one attached hydrogen (secondary N) is 1. The molecule has 0 spiro atoms. The zero-order valence-electron chi connectivity index (χ0n) is 12.6. The van der Waals surface area contributed by atoms with Gasteiger partial charge in [-0.05, 0) is 38.0 Å². The van der Waals surface area contributed by atoms with E-state index in [9.17, 15) is 0 Å². The van der Waals surface area contributed by atoms with Crippen LogP contribution in [0.5, 0.6) is 0 Å². The molecule has 0 aromatic carbocycles. The highest BCUT2D eigenvalue weighted by Crippen LogP contribution is 2.13. The van der Waals surface area contributed by atoms with Crippen LogP contribution in [0, 0.1) is 0 Å². The molecule has 19 heavy (non-hydrogen) atoms. The number of aromatic nitrogens is 1. The molecule has 0 radical (unpaired) electrons. The predicted molar refractivity (Wildman–Crippen MR) is 80.4 cm³/mol. The molecule has 0 saturated heterocycles. The number of methoxy groups -OCH3 is 1. The number of rotatable bonds is 9. The Bertz CT molecular complexity index is 357. The maximum atomic E-state index is 5.20. The van der Waals surface area contributed by atoms with E-state index >= 15 is 0 Å². The molecule has 0 aliphatic rings. The van der Waals surface area contributed by atoms with Crippen molar-refractivity contribution < 1.29 is 4.74 Å². The van der Waals surface area contributed by atoms with Crippen LogP contribution in [0.3, 0.4) is 0 Å². The lowest BCUT2D eigenvalue weighted by molar-refractivity contribution is 0.118. The highest BCUT2D eigenvalue weighted by atomic mass is 16.5. The Kier molecular flexibility index (Phi) is 7.45. The minimum absolute atomic E-state index is 0.561. The number of anilines is 1. The molecule has 0 bridgehead atoms. The van der Waals surface area contributed by atoms with E-state index in [2.05, 4.69) is 48.1 Å². The molecule has 0 fully saturated rings. The van der Waals surface area contributed by atoms with Gasteiger partial charge in [0.05, 0.1) is 6.61 Å². The molecular formula is C15H27N3O. The van der Waals surface area contributed by atoms with Crippen LogP contribution < -0.4 is 5.32 Å². The fraction of sp³-hybridized carbons (Fsp3) is 0.667. The average Bonchev–Trinajstić information content (AvgIpc) is 2.43. The summed E-state index contributed by atoms with van der Waals surface area (Å²) in [6.45, 7) is 10.1. The van der Waals surface area contributed by atoms with E-state index in [4.69, 9.17) is 4.74 Å². The third-order valence-corrected chi connectivity index (χ3v) is 3.36. The van der Waals surface area contributed by atoms with Crippen LogP contribution in [-0.4, -0.2) is 42.7 Å². The van der Waals surface area contributed by atoms with Crippen LogP contribution in [-0.2, 0) is 11.3 Å². The third-order valence-electron chi connectivity index (χ3n) is 3.36. The topological polar surface area (TPSA) is 37.4 Å². The SMILES string of the molecule is CCNc1cc(CN(CCOC)C(C)CC)ccn1. The van der Waals surface area contributed by atoms with E-state index in [-0.39, 0.29) is 0 Å². The summed E-state index contributed by atoms with van der Waals surface area (Å²) >= 11 is 0. The van der Waals surface area contributed by atoms with Crippen molar-refractivity contribution in [1.82, 2.24) is 9.88 Å². The normalized spacial score (nSPS) is 12.7. The third kappa shape index (κ3) is 5.57. The first-order chi connectivity index (χ1) is 9.21. The van der Waals surface area contributed by atoms with Crippen molar-refractivity contribution in [2.24, 2.45) is 0 Å². The number of nitrogens with zero attached hydrogens (tertiary/aromatic N) is 2. The molecule has 1 heterocycles. The van der Waals surface area contributed by atoms with Gasteiger partial charge in [0.15, 0.2) is 0 Å². The van der Waals surface area contributed by atoms with Gasteiger partial charge in [-0.1, -0.05) is 6.92 Å². The maximum absolute atomic E-state index is 5.20. The Morgan fingerprint density at radius 1 is 1.42 bits per heavy atom. The van der Waals surface area contributed by atoms with Crippen LogP contribution in [0.4, 0.5) is 5.82 Å². The molecule has 4 nitrogen and oxygen atoms in total. The number of hydrogen-bond donors (Lipinski definition) is 1. The maximum Gasteiger partial charge on any atom is 0.126 e. The molecule has 0 aliphatic carbocycles. The fourth-order valence-electron chi connectivity index (χ4n) is 2.01. The highest BCUT2D eigenvalue weighted by Gasteiger charge is 2.12. The van der Waals surface area contributed by atoms with Crippen LogP contribution in [0.1, 0.15) is 32.8 Å². The standard InChI is InChI=1S/C15H27N3O/c1-5-13(3)18(9-10-19-4)12-14-7-8-17-15(11-14)16-6-2/h7-8,11,13H,5-6,9-10,12H2,1-4H3,(H,16,17). The molecule has 1 atom stereocenters. The van der Waals surface area contributed by atoms with Crippen molar-refractivity contribution in [2.45, 2.75) is 39.8 Å². The molecule has 0 saturated carbocycles. The Morgan fingerprint density at radius 2 is 2.21 bits per heavy atom. The van der Waals surface area contributed by atoms with Gasteiger partial charge in [0, 0.05) is 39.0 Å². The molecule has 1 N–H and O–H groups in total. The largest absolute Gasteiger partial charge is 0.383 e. The van der Waals surface area contributed by atoms with Gasteiger partial charge in [-0.15, -0.1) is 0 Å². The first kappa shape index (κ1) is 15.9. The van der Waals surface area contributed by atoms with Crippen molar-refractivity contribution in [1.29, 1.82) is 0 Å². The Balaban J connectivity index is 2.68. The monoisotopic (exact) mass is 265 g/mol. The summed E-state index contributed by atoms with van der Waals surface area (Å²) in [6, 6.07) is 4.78. The highest BCUT2D eigenvalue weighted by molar-refractivity contribution is 5.37. The van der Waals surface area contributed by atoms with Gasteiger partial charge in [-0.2, -0.15) is 0 Å². The molecule has 4 heteroatoms. The van der Waals surface area contributed by atoms with Crippen LogP contribution >= 0.6 is 0 Å². The van der Waals surface area contributed by atoms with Crippen molar-refractivity contribution in [3.8, 4) is 0 Å². The van der Waals surface area contributed by atoms with Crippen molar-refractivity contribution in [3.63, 3.8) is 0 Å². The second-order valence-electron chi connectivity index (χ2n) is 4.80. The van der Waals surface area contributed by atoms with Crippen molar-refractivity contribution >= 4 is 5.82 Å². The molecule has 0 amide bonds. The van der Waals surface area contributed by atoms with Gasteiger partial charge in [-0.25, -0.2) is 4.98 Å². The van der Waals surface area contributed by atoms with Gasteiger partial charge in [0.25, 0.3) is 0 Å². The summed E-state index contributed by atoms with van der Waals surface area (Å²) in [5, 5.41) is 3.25. The van der Waals surface area contributed by atoms with Gasteiger partial charge in [-0.3, -0.25) is 4.90 Å². The second-order valence-corrected chi connectivity index (χ2v) is 4.80. The summed E-state index contributed by atoms with van der Waals surface area (Å²) in [4.78, 5) is 6.76. The van der Waals surface area contributed by atoms with Crippen LogP contribution in [0.25, 0.3) is 0 Å². The van der Waals surface area contributed by atoms with E-state index in [1.807, 2.05) is 6.20 Å². The van der Waals surface area contributed by atoms with Gasteiger partial charge in [0.2, 0.25) is 0 Å². The summed E-state index contributed by atoms with van der Waals surface area (Å²) in [6.07, 6.45) is 3.02. The predicted octanol–water partition coefficient (Wildman–Crippen LogP) is 2.76. The molecule has 1 aromatic rings. The Labute approximate surface area is 117 Å².